The maximum absolute atomic E-state index is 13.5. The Labute approximate surface area is 267 Å². The van der Waals surface area contributed by atoms with Gasteiger partial charge in [0.25, 0.3) is 5.91 Å². The number of nitrogens with one attached hydrogen (secondary N) is 4. The number of amides is 7. The van der Waals surface area contributed by atoms with Crippen molar-refractivity contribution in [2.75, 3.05) is 52.4 Å². The summed E-state index contributed by atoms with van der Waals surface area (Å²) in [6.07, 6.45) is 1.94. The van der Waals surface area contributed by atoms with E-state index in [2.05, 4.69) is 26.3 Å². The molecule has 2 heterocycles. The monoisotopic (exact) mass is 650 g/mol. The van der Waals surface area contributed by atoms with Gasteiger partial charge in [-0.2, -0.15) is 0 Å². The van der Waals surface area contributed by atoms with E-state index >= 15 is 0 Å². The molecule has 7 amide bonds. The van der Waals surface area contributed by atoms with Gasteiger partial charge in [-0.05, 0) is 33.1 Å². The molecule has 18 nitrogen and oxygen atoms in total. The SMILES string of the molecule is CC(=O)CCNC(=O)[C@@H](CCCN=C(N)N)CC(=O)[C@H](C)N1CCN(C(=O)[C@H](CNC=O)N2C(=O)N[C@@H](CCNC=O)C2=O)CC1. The smallest absolute Gasteiger partial charge is 0.325 e. The van der Waals surface area contributed by atoms with E-state index in [1.54, 1.807) is 6.92 Å². The van der Waals surface area contributed by atoms with Gasteiger partial charge in [0.2, 0.25) is 24.6 Å². The molecule has 0 aromatic carbocycles. The summed E-state index contributed by atoms with van der Waals surface area (Å²) in [5.41, 5.74) is 10.7. The Balaban J connectivity index is 2.02. The fourth-order valence-corrected chi connectivity index (χ4v) is 5.31. The summed E-state index contributed by atoms with van der Waals surface area (Å²) in [6.45, 7) is 4.49. The van der Waals surface area contributed by atoms with Crippen LogP contribution in [0, 0.1) is 5.92 Å². The van der Waals surface area contributed by atoms with Gasteiger partial charge < -0.3 is 37.6 Å². The number of guanidine groups is 1. The largest absolute Gasteiger partial charge is 0.370 e. The molecule has 0 aromatic heterocycles. The predicted octanol–water partition coefficient (Wildman–Crippen LogP) is -3.59. The quantitative estimate of drug-likeness (QED) is 0.0233. The van der Waals surface area contributed by atoms with Crippen molar-refractivity contribution in [3.63, 3.8) is 0 Å². The van der Waals surface area contributed by atoms with Crippen LogP contribution in [0.2, 0.25) is 0 Å². The van der Waals surface area contributed by atoms with Crippen LogP contribution < -0.4 is 32.7 Å². The van der Waals surface area contributed by atoms with E-state index in [4.69, 9.17) is 11.5 Å². The van der Waals surface area contributed by atoms with Gasteiger partial charge in [0, 0.05) is 71.1 Å². The number of rotatable bonds is 21. The number of imide groups is 1. The van der Waals surface area contributed by atoms with Gasteiger partial charge in [0.05, 0.1) is 6.04 Å². The van der Waals surface area contributed by atoms with E-state index in [0.717, 1.165) is 4.90 Å². The second-order valence-electron chi connectivity index (χ2n) is 11.2. The summed E-state index contributed by atoms with van der Waals surface area (Å²) >= 11 is 0. The predicted molar refractivity (Wildman–Crippen MR) is 165 cm³/mol. The van der Waals surface area contributed by atoms with Crippen molar-refractivity contribution >= 4 is 54.1 Å². The average Bonchev–Trinajstić information content (AvgIpc) is 3.30. The van der Waals surface area contributed by atoms with Gasteiger partial charge in [-0.3, -0.25) is 43.5 Å². The van der Waals surface area contributed by atoms with Crippen molar-refractivity contribution < 1.29 is 38.4 Å². The standard InChI is InChI=1S/C28H46N10O8/c1-18(41)5-9-33-24(43)20(4-3-7-34-27(29)30)14-23(42)19(2)36-10-12-37(13-11-36)26(45)22(15-32-17-40)38-25(44)21(35-28(38)46)6-8-31-16-39/h16-17,19-22H,3-15H2,1-2H3,(H,31,39)(H,32,40)(H,33,43)(H,35,46)(H4,29,30,34)/t19-,20-,21-,22-/m0/s1. The van der Waals surface area contributed by atoms with Gasteiger partial charge in [0.15, 0.2) is 5.96 Å². The summed E-state index contributed by atoms with van der Waals surface area (Å²) < 4.78 is 0. The average molecular weight is 651 g/mol. The number of nitrogens with zero attached hydrogens (tertiary/aromatic N) is 4. The summed E-state index contributed by atoms with van der Waals surface area (Å²) in [7, 11) is 0. The van der Waals surface area contributed by atoms with E-state index in [1.165, 1.54) is 11.8 Å². The molecule has 8 N–H and O–H groups in total. The number of nitrogens with two attached hydrogens (primary N) is 2. The molecule has 256 valence electrons. The zero-order chi connectivity index (χ0) is 34.2. The molecule has 0 bridgehead atoms. The topological polar surface area (TPSA) is 259 Å². The maximum Gasteiger partial charge on any atom is 0.325 e. The molecule has 2 rings (SSSR count). The first kappa shape index (κ1) is 37.6. The number of hydrogen-bond acceptors (Lipinski definition) is 10. The number of carbonyl (C=O) groups is 8. The molecule has 2 saturated heterocycles. The molecule has 2 fully saturated rings. The highest BCUT2D eigenvalue weighted by Crippen LogP contribution is 2.19. The molecular weight excluding hydrogens is 604 g/mol. The third kappa shape index (κ3) is 11.4. The number of piperazine rings is 1. The lowest BCUT2D eigenvalue weighted by molar-refractivity contribution is -0.144. The van der Waals surface area contributed by atoms with Crippen molar-refractivity contribution in [1.82, 2.24) is 36.0 Å². The Morgan fingerprint density at radius 2 is 1.72 bits per heavy atom. The highest BCUT2D eigenvalue weighted by atomic mass is 16.2. The van der Waals surface area contributed by atoms with Crippen LogP contribution in [-0.4, -0.2) is 139 Å². The van der Waals surface area contributed by atoms with E-state index < -0.39 is 41.9 Å². The van der Waals surface area contributed by atoms with Gasteiger partial charge in [-0.15, -0.1) is 0 Å². The molecule has 0 saturated carbocycles. The zero-order valence-electron chi connectivity index (χ0n) is 26.4. The highest BCUT2D eigenvalue weighted by Gasteiger charge is 2.45. The van der Waals surface area contributed by atoms with Crippen molar-refractivity contribution in [2.24, 2.45) is 22.4 Å². The van der Waals surface area contributed by atoms with Gasteiger partial charge in [-0.1, -0.05) is 0 Å². The van der Waals surface area contributed by atoms with Crippen LogP contribution in [0.1, 0.15) is 46.0 Å². The van der Waals surface area contributed by atoms with E-state index in [0.29, 0.717) is 45.3 Å². The minimum atomic E-state index is -1.28. The third-order valence-corrected chi connectivity index (χ3v) is 7.94. The van der Waals surface area contributed by atoms with Crippen molar-refractivity contribution in [1.29, 1.82) is 0 Å². The van der Waals surface area contributed by atoms with Crippen LogP contribution in [-0.2, 0) is 33.6 Å². The van der Waals surface area contributed by atoms with Crippen LogP contribution in [0.15, 0.2) is 4.99 Å². The summed E-state index contributed by atoms with van der Waals surface area (Å²) in [5, 5.41) is 10.0. The highest BCUT2D eigenvalue weighted by molar-refractivity contribution is 6.07. The molecule has 0 unspecified atom stereocenters. The molecule has 0 radical (unpaired) electrons. The number of Topliss-reactive ketones (excluding diaryl/α,β-unsaturated/α-hetero) is 2. The number of urea groups is 1. The first-order chi connectivity index (χ1) is 21.9. The van der Waals surface area contributed by atoms with Gasteiger partial charge in [0.1, 0.15) is 23.7 Å². The van der Waals surface area contributed by atoms with Crippen molar-refractivity contribution in [3.05, 3.63) is 0 Å². The molecule has 0 aliphatic carbocycles. The molecular formula is C28H46N10O8. The summed E-state index contributed by atoms with van der Waals surface area (Å²) in [6, 6.07) is -3.56. The normalized spacial score (nSPS) is 18.5. The van der Waals surface area contributed by atoms with E-state index in [9.17, 15) is 38.4 Å². The fraction of sp³-hybridized carbons (Fsp3) is 0.679. The fourth-order valence-electron chi connectivity index (χ4n) is 5.31. The Hall–Kier alpha value is -4.61. The molecule has 2 aliphatic rings. The molecule has 0 spiro atoms. The summed E-state index contributed by atoms with van der Waals surface area (Å²) in [5.74, 6) is -2.46. The lowest BCUT2D eigenvalue weighted by atomic mass is 9.93. The Morgan fingerprint density at radius 1 is 1.04 bits per heavy atom. The minimum absolute atomic E-state index is 0.0385. The second-order valence-corrected chi connectivity index (χ2v) is 11.2. The van der Waals surface area contributed by atoms with Crippen LogP contribution in [0.3, 0.4) is 0 Å². The van der Waals surface area contributed by atoms with Crippen molar-refractivity contribution in [2.45, 2.75) is 64.1 Å². The zero-order valence-corrected chi connectivity index (χ0v) is 26.4. The third-order valence-electron chi connectivity index (χ3n) is 7.94. The van der Waals surface area contributed by atoms with Crippen LogP contribution in [0.4, 0.5) is 4.79 Å². The Kier molecular flexibility index (Phi) is 15.5. The first-order valence-electron chi connectivity index (χ1n) is 15.3. The maximum atomic E-state index is 13.5. The number of hydrogen-bond donors (Lipinski definition) is 6. The second kappa shape index (κ2) is 19.0. The van der Waals surface area contributed by atoms with Crippen molar-refractivity contribution in [3.8, 4) is 0 Å². The van der Waals surface area contributed by atoms with Gasteiger partial charge in [-0.25, -0.2) is 9.69 Å². The van der Waals surface area contributed by atoms with Crippen LogP contribution in [0.5, 0.6) is 0 Å². The molecule has 2 aliphatic heterocycles. The Morgan fingerprint density at radius 3 is 2.33 bits per heavy atom. The summed E-state index contributed by atoms with van der Waals surface area (Å²) in [4.78, 5) is 106. The molecule has 4 atom stereocenters. The van der Waals surface area contributed by atoms with Crippen LogP contribution in [0.25, 0.3) is 0 Å². The van der Waals surface area contributed by atoms with Crippen LogP contribution >= 0.6 is 0 Å². The molecule has 0 aromatic rings. The lowest BCUT2D eigenvalue weighted by Gasteiger charge is -2.39. The number of aliphatic imine (C=N–C) groups is 1. The Bertz CT molecular complexity index is 1150. The molecule has 46 heavy (non-hydrogen) atoms. The molecule has 18 heteroatoms. The van der Waals surface area contributed by atoms with Gasteiger partial charge >= 0.3 is 6.03 Å². The minimum Gasteiger partial charge on any atom is -0.370 e. The van der Waals surface area contributed by atoms with E-state index in [-0.39, 0.29) is 75.4 Å². The lowest BCUT2D eigenvalue weighted by Crippen LogP contribution is -2.60. The van der Waals surface area contributed by atoms with E-state index in [1.807, 2.05) is 4.90 Å². The first-order valence-corrected chi connectivity index (χ1v) is 15.3. The number of ketones is 2. The number of carbonyl (C=O) groups excluding carboxylic acids is 8.